The molecule has 0 saturated carbocycles. The molecule has 0 heterocycles. The van der Waals surface area contributed by atoms with Crippen molar-refractivity contribution in [2.45, 2.75) is 13.8 Å². The Hall–Kier alpha value is -1.83. The Balaban J connectivity index is 3.71. The normalized spacial score (nSPS) is 10.2. The highest BCUT2D eigenvalue weighted by Crippen LogP contribution is 1.95. The van der Waals surface area contributed by atoms with Gasteiger partial charge < -0.3 is 9.47 Å². The molecule has 0 radical (unpaired) electrons. The van der Waals surface area contributed by atoms with E-state index in [9.17, 15) is 9.59 Å². The summed E-state index contributed by atoms with van der Waals surface area (Å²) in [5.74, 6) is -1.01. The number of hydrogen-bond acceptors (Lipinski definition) is 5. The molecule has 14 heavy (non-hydrogen) atoms. The van der Waals surface area contributed by atoms with Crippen molar-refractivity contribution in [1.82, 2.24) is 0 Å². The number of esters is 2. The van der Waals surface area contributed by atoms with E-state index < -0.39 is 11.9 Å². The van der Waals surface area contributed by atoms with Gasteiger partial charge in [0.25, 0.3) is 0 Å². The second-order valence-electron chi connectivity index (χ2n) is 2.43. The summed E-state index contributed by atoms with van der Waals surface area (Å²) in [7, 11) is 0. The average molecular weight is 197 g/mol. The van der Waals surface area contributed by atoms with Crippen LogP contribution in [0, 0.1) is 11.3 Å². The summed E-state index contributed by atoms with van der Waals surface area (Å²) < 4.78 is 9.20. The van der Waals surface area contributed by atoms with Gasteiger partial charge >= 0.3 is 11.9 Å². The molecule has 0 fully saturated rings. The summed E-state index contributed by atoms with van der Waals surface area (Å²) in [6.45, 7) is 2.76. The summed E-state index contributed by atoms with van der Waals surface area (Å²) in [5.41, 5.74) is 0.218. The Morgan fingerprint density at radius 2 is 1.86 bits per heavy atom. The number of allylic oxidation sites excluding steroid dienone is 1. The molecule has 5 nitrogen and oxygen atoms in total. The summed E-state index contributed by atoms with van der Waals surface area (Å²) >= 11 is 0. The van der Waals surface area contributed by atoms with Crippen LogP contribution in [0.5, 0.6) is 0 Å². The third-order valence-electron chi connectivity index (χ3n) is 1.22. The molecular weight excluding hydrogens is 186 g/mol. The quantitative estimate of drug-likeness (QED) is 0.285. The lowest BCUT2D eigenvalue weighted by Gasteiger charge is -2.03. The second-order valence-corrected chi connectivity index (χ2v) is 2.43. The maximum Gasteiger partial charge on any atom is 0.334 e. The van der Waals surface area contributed by atoms with Crippen LogP contribution in [0.15, 0.2) is 11.6 Å². The van der Waals surface area contributed by atoms with E-state index in [2.05, 4.69) is 9.47 Å². The third-order valence-corrected chi connectivity index (χ3v) is 1.22. The topological polar surface area (TPSA) is 76.4 Å². The van der Waals surface area contributed by atoms with Crippen LogP contribution >= 0.6 is 0 Å². The lowest BCUT2D eigenvalue weighted by molar-refractivity contribution is -0.148. The van der Waals surface area contributed by atoms with Crippen molar-refractivity contribution in [3.8, 4) is 6.07 Å². The van der Waals surface area contributed by atoms with E-state index in [1.165, 1.54) is 13.8 Å². The van der Waals surface area contributed by atoms with Crippen LogP contribution in [0.4, 0.5) is 0 Å². The Labute approximate surface area is 81.9 Å². The lowest BCUT2D eigenvalue weighted by atomic mass is 10.3. The van der Waals surface area contributed by atoms with E-state index >= 15 is 0 Å². The SMILES string of the molecule is CC(=O)OCCOC(=O)C(C)=CC#N. The highest BCUT2D eigenvalue weighted by molar-refractivity contribution is 5.88. The van der Waals surface area contributed by atoms with Gasteiger partial charge in [-0.2, -0.15) is 5.26 Å². The van der Waals surface area contributed by atoms with E-state index in [0.717, 1.165) is 6.08 Å². The molecule has 0 aliphatic carbocycles. The molecule has 0 aromatic heterocycles. The fourth-order valence-electron chi connectivity index (χ4n) is 0.589. The van der Waals surface area contributed by atoms with Crippen LogP contribution in [-0.2, 0) is 19.1 Å². The number of carbonyl (C=O) groups excluding carboxylic acids is 2. The number of rotatable bonds is 4. The highest BCUT2D eigenvalue weighted by atomic mass is 16.6. The average Bonchev–Trinajstić information content (AvgIpc) is 2.12. The van der Waals surface area contributed by atoms with Gasteiger partial charge in [0.15, 0.2) is 0 Å². The smallest absolute Gasteiger partial charge is 0.334 e. The van der Waals surface area contributed by atoms with Gasteiger partial charge in [0.05, 0.1) is 6.07 Å². The molecule has 0 aromatic carbocycles. The molecule has 0 saturated heterocycles. The minimum absolute atomic E-state index is 0.00494. The van der Waals surface area contributed by atoms with Gasteiger partial charge in [0, 0.05) is 18.6 Å². The van der Waals surface area contributed by atoms with Gasteiger partial charge in [-0.3, -0.25) is 4.79 Å². The minimum atomic E-state index is -0.585. The van der Waals surface area contributed by atoms with Crippen molar-refractivity contribution in [3.63, 3.8) is 0 Å². The van der Waals surface area contributed by atoms with E-state index in [-0.39, 0.29) is 18.8 Å². The van der Waals surface area contributed by atoms with E-state index in [4.69, 9.17) is 5.26 Å². The molecule has 0 spiro atoms. The molecular formula is C9H11NO4. The highest BCUT2D eigenvalue weighted by Gasteiger charge is 2.04. The first-order valence-corrected chi connectivity index (χ1v) is 3.94. The van der Waals surface area contributed by atoms with E-state index in [1.54, 1.807) is 6.07 Å². The van der Waals surface area contributed by atoms with Crippen LogP contribution in [0.3, 0.4) is 0 Å². The summed E-state index contributed by atoms with van der Waals surface area (Å²) in [5, 5.41) is 8.23. The van der Waals surface area contributed by atoms with Crippen molar-refractivity contribution in [3.05, 3.63) is 11.6 Å². The van der Waals surface area contributed by atoms with Gasteiger partial charge in [-0.1, -0.05) is 0 Å². The molecule has 0 bridgehead atoms. The Morgan fingerprint density at radius 1 is 1.29 bits per heavy atom. The monoisotopic (exact) mass is 197 g/mol. The number of hydrogen-bond donors (Lipinski definition) is 0. The van der Waals surface area contributed by atoms with Crippen molar-refractivity contribution >= 4 is 11.9 Å². The first-order chi connectivity index (χ1) is 6.57. The summed E-state index contributed by atoms with van der Waals surface area (Å²) in [4.78, 5) is 21.3. The van der Waals surface area contributed by atoms with Gasteiger partial charge in [-0.15, -0.1) is 0 Å². The van der Waals surface area contributed by atoms with Gasteiger partial charge in [0.1, 0.15) is 13.2 Å². The second kappa shape index (κ2) is 6.66. The molecule has 0 aromatic rings. The maximum atomic E-state index is 11.0. The fraction of sp³-hybridized carbons (Fsp3) is 0.444. The zero-order chi connectivity index (χ0) is 11.0. The van der Waals surface area contributed by atoms with Crippen molar-refractivity contribution in [1.29, 1.82) is 5.26 Å². The molecule has 0 rings (SSSR count). The van der Waals surface area contributed by atoms with Crippen molar-refractivity contribution in [2.24, 2.45) is 0 Å². The first-order valence-electron chi connectivity index (χ1n) is 3.94. The van der Waals surface area contributed by atoms with Crippen LogP contribution in [-0.4, -0.2) is 25.2 Å². The van der Waals surface area contributed by atoms with E-state index in [1.807, 2.05) is 0 Å². The van der Waals surface area contributed by atoms with E-state index in [0.29, 0.717) is 0 Å². The summed E-state index contributed by atoms with van der Waals surface area (Å²) in [6.07, 6.45) is 1.09. The summed E-state index contributed by atoms with van der Waals surface area (Å²) in [6, 6.07) is 1.71. The fourth-order valence-corrected chi connectivity index (χ4v) is 0.589. The predicted octanol–water partition coefficient (Wildman–Crippen LogP) is 0.563. The Kier molecular flexibility index (Phi) is 5.79. The van der Waals surface area contributed by atoms with Crippen LogP contribution < -0.4 is 0 Å². The molecule has 0 aliphatic heterocycles. The minimum Gasteiger partial charge on any atom is -0.462 e. The lowest BCUT2D eigenvalue weighted by Crippen LogP contribution is -2.12. The zero-order valence-electron chi connectivity index (χ0n) is 8.07. The van der Waals surface area contributed by atoms with Gasteiger partial charge in [0.2, 0.25) is 0 Å². The Morgan fingerprint density at radius 3 is 2.36 bits per heavy atom. The number of nitrogens with zero attached hydrogens (tertiary/aromatic N) is 1. The van der Waals surface area contributed by atoms with Crippen LogP contribution in [0.25, 0.3) is 0 Å². The molecule has 0 atom stereocenters. The maximum absolute atomic E-state index is 11.0. The molecule has 0 unspecified atom stereocenters. The predicted molar refractivity (Wildman–Crippen MR) is 47.0 cm³/mol. The van der Waals surface area contributed by atoms with Crippen molar-refractivity contribution < 1.29 is 19.1 Å². The Bertz CT molecular complexity index is 288. The van der Waals surface area contributed by atoms with Crippen molar-refractivity contribution in [2.75, 3.05) is 13.2 Å². The molecule has 5 heteroatoms. The van der Waals surface area contributed by atoms with Gasteiger partial charge in [-0.05, 0) is 6.92 Å². The van der Waals surface area contributed by atoms with Gasteiger partial charge in [-0.25, -0.2) is 4.79 Å². The molecule has 0 amide bonds. The third kappa shape index (κ3) is 5.77. The van der Waals surface area contributed by atoms with Crippen LogP contribution in [0.2, 0.25) is 0 Å². The standard InChI is InChI=1S/C9H11NO4/c1-7(3-4-10)9(12)14-6-5-13-8(2)11/h3H,5-6H2,1-2H3. The molecule has 0 N–H and O–H groups in total. The number of ether oxygens (including phenoxy) is 2. The molecule has 0 aliphatic rings. The number of nitriles is 1. The number of carbonyl (C=O) groups is 2. The van der Waals surface area contributed by atoms with Crippen LogP contribution in [0.1, 0.15) is 13.8 Å². The zero-order valence-corrected chi connectivity index (χ0v) is 8.07. The molecule has 76 valence electrons. The first kappa shape index (κ1) is 12.2. The largest absolute Gasteiger partial charge is 0.462 e.